The summed E-state index contributed by atoms with van der Waals surface area (Å²) in [6.45, 7) is 0.210. The summed E-state index contributed by atoms with van der Waals surface area (Å²) in [4.78, 5) is 10.9. The van der Waals surface area contributed by atoms with Crippen molar-refractivity contribution in [2.24, 2.45) is 0 Å². The first kappa shape index (κ1) is 15.2. The number of carboxylic acid groups (broad SMARTS) is 1. The number of carbonyl (C=O) groups is 1. The van der Waals surface area contributed by atoms with Crippen LogP contribution in [-0.2, 0) is 22.3 Å². The van der Waals surface area contributed by atoms with Gasteiger partial charge in [-0.1, -0.05) is 42.5 Å². The Labute approximate surface area is 123 Å². The number of sulfonamides is 1. The van der Waals surface area contributed by atoms with E-state index in [2.05, 4.69) is 4.72 Å². The summed E-state index contributed by atoms with van der Waals surface area (Å²) in [6.07, 6.45) is 0. The molecule has 0 amide bonds. The Morgan fingerprint density at radius 1 is 1.00 bits per heavy atom. The number of hydrogen-bond acceptors (Lipinski definition) is 3. The number of aromatic carboxylic acids is 1. The summed E-state index contributed by atoms with van der Waals surface area (Å²) in [5, 5.41) is 8.89. The summed E-state index contributed by atoms with van der Waals surface area (Å²) in [5.41, 5.74) is 1.38. The minimum atomic E-state index is -3.52. The van der Waals surface area contributed by atoms with Crippen LogP contribution in [0.25, 0.3) is 0 Å². The quantitative estimate of drug-likeness (QED) is 0.855. The van der Waals surface area contributed by atoms with Crippen LogP contribution in [0.5, 0.6) is 0 Å². The highest BCUT2D eigenvalue weighted by Gasteiger charge is 2.12. The lowest BCUT2D eigenvalue weighted by Gasteiger charge is -2.07. The summed E-state index contributed by atoms with van der Waals surface area (Å²) >= 11 is 0. The number of nitrogens with one attached hydrogen (secondary N) is 1. The minimum Gasteiger partial charge on any atom is -0.478 e. The molecule has 0 saturated carbocycles. The third-order valence-electron chi connectivity index (χ3n) is 2.87. The van der Waals surface area contributed by atoms with Gasteiger partial charge in [0.25, 0.3) is 0 Å². The maximum absolute atomic E-state index is 12.0. The van der Waals surface area contributed by atoms with E-state index in [9.17, 15) is 13.2 Å². The third kappa shape index (κ3) is 4.70. The predicted octanol–water partition coefficient (Wildman–Crippen LogP) is 2.00. The van der Waals surface area contributed by atoms with Crippen molar-refractivity contribution in [2.75, 3.05) is 0 Å². The smallest absolute Gasteiger partial charge is 0.335 e. The fourth-order valence-corrected chi connectivity index (χ4v) is 2.96. The average Bonchev–Trinajstić information content (AvgIpc) is 2.46. The molecule has 0 aromatic heterocycles. The predicted molar refractivity (Wildman–Crippen MR) is 79.3 cm³/mol. The Kier molecular flexibility index (Phi) is 4.72. The lowest BCUT2D eigenvalue weighted by Crippen LogP contribution is -2.24. The van der Waals surface area contributed by atoms with Crippen molar-refractivity contribution in [3.05, 3.63) is 71.3 Å². The third-order valence-corrected chi connectivity index (χ3v) is 4.17. The summed E-state index contributed by atoms with van der Waals surface area (Å²) in [5.74, 6) is -1.33. The maximum atomic E-state index is 12.0. The van der Waals surface area contributed by atoms with Crippen molar-refractivity contribution in [3.63, 3.8) is 0 Å². The first-order valence-electron chi connectivity index (χ1n) is 6.30. The van der Waals surface area contributed by atoms with Gasteiger partial charge in [0.2, 0.25) is 10.0 Å². The van der Waals surface area contributed by atoms with Crippen molar-refractivity contribution in [1.82, 2.24) is 4.72 Å². The van der Waals surface area contributed by atoms with Gasteiger partial charge in [-0.05, 0) is 23.3 Å². The van der Waals surface area contributed by atoms with Gasteiger partial charge in [0.15, 0.2) is 0 Å². The highest BCUT2D eigenvalue weighted by atomic mass is 32.2. The molecule has 0 aliphatic heterocycles. The van der Waals surface area contributed by atoms with Crippen LogP contribution in [0.2, 0.25) is 0 Å². The van der Waals surface area contributed by atoms with E-state index in [4.69, 9.17) is 5.11 Å². The van der Waals surface area contributed by atoms with Crippen molar-refractivity contribution in [2.45, 2.75) is 12.3 Å². The molecule has 2 rings (SSSR count). The largest absolute Gasteiger partial charge is 0.478 e. The van der Waals surface area contributed by atoms with Gasteiger partial charge in [0.1, 0.15) is 0 Å². The van der Waals surface area contributed by atoms with Crippen molar-refractivity contribution >= 4 is 16.0 Å². The van der Waals surface area contributed by atoms with E-state index in [0.717, 1.165) is 5.56 Å². The van der Waals surface area contributed by atoms with Crippen LogP contribution >= 0.6 is 0 Å². The van der Waals surface area contributed by atoms with Crippen LogP contribution in [0, 0.1) is 0 Å². The lowest BCUT2D eigenvalue weighted by atomic mass is 10.1. The van der Waals surface area contributed by atoms with Crippen LogP contribution in [-0.4, -0.2) is 19.5 Å². The van der Waals surface area contributed by atoms with Crippen molar-refractivity contribution < 1.29 is 18.3 Å². The molecule has 0 radical (unpaired) electrons. The monoisotopic (exact) mass is 305 g/mol. The van der Waals surface area contributed by atoms with E-state index in [1.807, 2.05) is 30.3 Å². The zero-order valence-electron chi connectivity index (χ0n) is 11.2. The second-order valence-electron chi connectivity index (χ2n) is 4.57. The van der Waals surface area contributed by atoms with E-state index in [0.29, 0.717) is 5.56 Å². The van der Waals surface area contributed by atoms with Gasteiger partial charge in [0.05, 0.1) is 11.3 Å². The Bertz CT molecular complexity index is 726. The number of rotatable bonds is 6. The Balaban J connectivity index is 2.04. The molecule has 0 atom stereocenters. The van der Waals surface area contributed by atoms with Gasteiger partial charge in [0, 0.05) is 6.54 Å². The first-order valence-corrected chi connectivity index (χ1v) is 7.95. The first-order chi connectivity index (χ1) is 9.96. The van der Waals surface area contributed by atoms with Gasteiger partial charge in [-0.15, -0.1) is 0 Å². The molecule has 0 fully saturated rings. The molecule has 5 nitrogen and oxygen atoms in total. The number of carboxylic acids is 1. The van der Waals surface area contributed by atoms with Gasteiger partial charge < -0.3 is 5.11 Å². The van der Waals surface area contributed by atoms with Crippen LogP contribution in [0.4, 0.5) is 0 Å². The molecule has 2 aromatic carbocycles. The van der Waals surface area contributed by atoms with Crippen molar-refractivity contribution in [1.29, 1.82) is 0 Å². The number of hydrogen-bond donors (Lipinski definition) is 2. The minimum absolute atomic E-state index is 0.0748. The van der Waals surface area contributed by atoms with Crippen LogP contribution < -0.4 is 4.72 Å². The van der Waals surface area contributed by atoms with Crippen molar-refractivity contribution in [3.8, 4) is 0 Å². The van der Waals surface area contributed by atoms with Gasteiger partial charge >= 0.3 is 5.97 Å². The molecule has 2 aromatic rings. The Hall–Kier alpha value is -2.18. The molecule has 0 bridgehead atoms. The molecule has 21 heavy (non-hydrogen) atoms. The number of benzene rings is 2. The Morgan fingerprint density at radius 3 is 2.33 bits per heavy atom. The molecule has 6 heteroatoms. The van der Waals surface area contributed by atoms with Crippen LogP contribution in [0.3, 0.4) is 0 Å². The van der Waals surface area contributed by atoms with E-state index < -0.39 is 16.0 Å². The van der Waals surface area contributed by atoms with E-state index in [-0.39, 0.29) is 17.9 Å². The summed E-state index contributed by atoms with van der Waals surface area (Å²) in [6, 6.07) is 15.1. The lowest BCUT2D eigenvalue weighted by molar-refractivity contribution is 0.0696. The fraction of sp³-hybridized carbons (Fsp3) is 0.133. The van der Waals surface area contributed by atoms with E-state index >= 15 is 0 Å². The van der Waals surface area contributed by atoms with Gasteiger partial charge in [-0.2, -0.15) is 0 Å². The molecule has 0 aliphatic rings. The molecule has 110 valence electrons. The van der Waals surface area contributed by atoms with E-state index in [1.54, 1.807) is 6.07 Å². The highest BCUT2D eigenvalue weighted by molar-refractivity contribution is 7.88. The molecule has 0 spiro atoms. The zero-order chi connectivity index (χ0) is 15.3. The highest BCUT2D eigenvalue weighted by Crippen LogP contribution is 2.09. The normalized spacial score (nSPS) is 11.2. The standard InChI is InChI=1S/C15H15NO4S/c17-15(18)14-8-4-7-13(9-14)11-21(19,20)16-10-12-5-2-1-3-6-12/h1-9,16H,10-11H2,(H,17,18). The SMILES string of the molecule is O=C(O)c1cccc(CS(=O)(=O)NCc2ccccc2)c1. The zero-order valence-corrected chi connectivity index (χ0v) is 12.0. The second kappa shape index (κ2) is 6.51. The summed E-state index contributed by atoms with van der Waals surface area (Å²) in [7, 11) is -3.52. The second-order valence-corrected chi connectivity index (χ2v) is 6.38. The molecule has 0 saturated heterocycles. The van der Waals surface area contributed by atoms with E-state index in [1.165, 1.54) is 18.2 Å². The Morgan fingerprint density at radius 2 is 1.67 bits per heavy atom. The van der Waals surface area contributed by atoms with Crippen LogP contribution in [0.15, 0.2) is 54.6 Å². The van der Waals surface area contributed by atoms with Gasteiger partial charge in [-0.25, -0.2) is 17.9 Å². The summed E-state index contributed by atoms with van der Waals surface area (Å²) < 4.78 is 26.5. The molecule has 0 heterocycles. The van der Waals surface area contributed by atoms with Gasteiger partial charge in [-0.3, -0.25) is 0 Å². The molecular formula is C15H15NO4S. The fourth-order valence-electron chi connectivity index (χ4n) is 1.85. The molecule has 0 unspecified atom stereocenters. The van der Waals surface area contributed by atoms with Crippen LogP contribution in [0.1, 0.15) is 21.5 Å². The molecule has 2 N–H and O–H groups in total. The molecule has 0 aliphatic carbocycles. The molecular weight excluding hydrogens is 290 g/mol. The maximum Gasteiger partial charge on any atom is 0.335 e. The topological polar surface area (TPSA) is 83.5 Å². The average molecular weight is 305 g/mol.